The Hall–Kier alpha value is -1.35. The van der Waals surface area contributed by atoms with E-state index in [2.05, 4.69) is 0 Å². The molecule has 0 aliphatic carbocycles. The molecule has 0 aliphatic rings. The van der Waals surface area contributed by atoms with Crippen molar-refractivity contribution in [3.8, 4) is 0 Å². The predicted molar refractivity (Wildman–Crippen MR) is 32.2 cm³/mol. The molecule has 0 aliphatic heterocycles. The molecule has 16 heavy (non-hydrogen) atoms. The summed E-state index contributed by atoms with van der Waals surface area (Å²) >= 11 is 0. The van der Waals surface area contributed by atoms with Gasteiger partial charge in [0.2, 0.25) is 0 Å². The number of hydrogen-bond acceptors (Lipinski definition) is 0. The molecule has 1 heterocycles. The number of imidazole rings is 1. The minimum atomic E-state index is -5.96. The van der Waals surface area contributed by atoms with Crippen LogP contribution in [-0.2, 0) is 12.3 Å². The van der Waals surface area contributed by atoms with Crippen LogP contribution in [0.5, 0.6) is 0 Å². The highest BCUT2D eigenvalue weighted by atomic mass is 19.4. The van der Waals surface area contributed by atoms with Gasteiger partial charge >= 0.3 is 18.5 Å². The van der Waals surface area contributed by atoms with Crippen LogP contribution >= 0.6 is 0 Å². The highest BCUT2D eigenvalue weighted by Crippen LogP contribution is 2.39. The number of aromatic nitrogens is 2. The summed E-state index contributed by atoms with van der Waals surface area (Å²) in [4.78, 5) is 0. The summed E-state index contributed by atoms with van der Waals surface area (Å²) in [6.45, 7) is 0. The number of halogens is 8. The summed E-state index contributed by atoms with van der Waals surface area (Å²) < 4.78 is 94.5. The van der Waals surface area contributed by atoms with E-state index < -0.39 is 27.7 Å². The minimum absolute atomic E-state index is 0.0129. The van der Waals surface area contributed by atoms with Crippen LogP contribution in [0.25, 0.3) is 0 Å². The highest BCUT2D eigenvalue weighted by Gasteiger charge is 2.64. The van der Waals surface area contributed by atoms with Gasteiger partial charge in [0, 0.05) is 0 Å². The van der Waals surface area contributed by atoms with Crippen molar-refractivity contribution in [2.75, 3.05) is 0 Å². The molecule has 2 nitrogen and oxygen atoms in total. The SMILES string of the molecule is FC(F)(F)[n+]1ccn(C(F)(F)C(F)(F)F)c1. The van der Waals surface area contributed by atoms with Crippen LogP contribution in [0.4, 0.5) is 35.1 Å². The van der Waals surface area contributed by atoms with E-state index in [1.165, 1.54) is 0 Å². The first kappa shape index (κ1) is 12.7. The van der Waals surface area contributed by atoms with Crippen molar-refractivity contribution in [1.82, 2.24) is 4.57 Å². The fourth-order valence-corrected chi connectivity index (χ4v) is 0.817. The molecule has 0 radical (unpaired) electrons. The van der Waals surface area contributed by atoms with Crippen molar-refractivity contribution >= 4 is 0 Å². The maximum absolute atomic E-state index is 12.5. The third-order valence-electron chi connectivity index (χ3n) is 1.59. The monoisotopic (exact) mass is 255 g/mol. The van der Waals surface area contributed by atoms with E-state index in [0.717, 1.165) is 0 Å². The zero-order valence-corrected chi connectivity index (χ0v) is 7.15. The topological polar surface area (TPSA) is 8.81 Å². The van der Waals surface area contributed by atoms with Gasteiger partial charge in [0.05, 0.1) is 0 Å². The molecule has 0 unspecified atom stereocenters. The number of rotatable bonds is 1. The Morgan fingerprint density at radius 3 is 1.69 bits per heavy atom. The van der Waals surface area contributed by atoms with E-state index in [4.69, 9.17) is 0 Å². The van der Waals surface area contributed by atoms with Crippen LogP contribution in [0, 0.1) is 0 Å². The van der Waals surface area contributed by atoms with Gasteiger partial charge in [-0.3, -0.25) is 0 Å². The van der Waals surface area contributed by atoms with E-state index in [1.807, 2.05) is 0 Å². The summed E-state index contributed by atoms with van der Waals surface area (Å²) in [6, 6.07) is -5.39. The Morgan fingerprint density at radius 2 is 1.38 bits per heavy atom. The summed E-state index contributed by atoms with van der Waals surface area (Å²) in [5.74, 6) is 0. The zero-order chi connectivity index (χ0) is 12.8. The molecule has 0 atom stereocenters. The lowest BCUT2D eigenvalue weighted by molar-refractivity contribution is -0.854. The Labute approximate surface area is 82.7 Å². The van der Waals surface area contributed by atoms with Crippen LogP contribution in [0.2, 0.25) is 0 Å². The normalized spacial score (nSPS) is 14.2. The average Bonchev–Trinajstić information content (AvgIpc) is 2.47. The molecule has 10 heteroatoms. The zero-order valence-electron chi connectivity index (χ0n) is 7.15. The van der Waals surface area contributed by atoms with Crippen molar-refractivity contribution in [3.05, 3.63) is 18.7 Å². The molecule has 1 aromatic rings. The molecule has 0 saturated heterocycles. The standard InChI is InChI=1S/C6H3F8N2/c7-4(8,9)5(10,11)15-1-2-16(3-15)6(12,13)14/h1-3H/q+1. The highest BCUT2D eigenvalue weighted by molar-refractivity contribution is 4.79. The molecule has 0 aromatic carbocycles. The number of nitrogens with zero attached hydrogens (tertiary/aromatic N) is 2. The molecule has 1 aromatic heterocycles. The van der Waals surface area contributed by atoms with Crippen molar-refractivity contribution in [1.29, 1.82) is 0 Å². The van der Waals surface area contributed by atoms with Crippen molar-refractivity contribution < 1.29 is 39.7 Å². The Morgan fingerprint density at radius 1 is 0.875 bits per heavy atom. The molecule has 92 valence electrons. The molecule has 0 amide bonds. The maximum atomic E-state index is 12.5. The second-order valence-electron chi connectivity index (χ2n) is 2.73. The van der Waals surface area contributed by atoms with Crippen molar-refractivity contribution in [3.63, 3.8) is 0 Å². The lowest BCUT2D eigenvalue weighted by Gasteiger charge is -2.14. The van der Waals surface area contributed by atoms with Crippen LogP contribution in [0.1, 0.15) is 0 Å². The van der Waals surface area contributed by atoms with Gasteiger partial charge in [0.1, 0.15) is 12.4 Å². The largest absolute Gasteiger partial charge is 0.567 e. The Bertz CT molecular complexity index is 373. The summed E-state index contributed by atoms with van der Waals surface area (Å²) in [7, 11) is 0. The fourth-order valence-electron chi connectivity index (χ4n) is 0.817. The first-order chi connectivity index (χ1) is 6.96. The molecule has 0 bridgehead atoms. The van der Waals surface area contributed by atoms with Crippen LogP contribution in [-0.4, -0.2) is 10.7 Å². The Balaban J connectivity index is 3.13. The lowest BCUT2D eigenvalue weighted by atomic mass is 10.5. The van der Waals surface area contributed by atoms with E-state index in [9.17, 15) is 35.1 Å². The Kier molecular flexibility index (Phi) is 2.64. The summed E-state index contributed by atoms with van der Waals surface area (Å²) in [6.07, 6.45) is -11.4. The second kappa shape index (κ2) is 3.32. The molecule has 0 fully saturated rings. The van der Waals surface area contributed by atoms with Crippen LogP contribution in [0.3, 0.4) is 0 Å². The van der Waals surface area contributed by atoms with Gasteiger partial charge in [-0.05, 0) is 0 Å². The smallest absolute Gasteiger partial charge is 0.166 e. The second-order valence-corrected chi connectivity index (χ2v) is 2.73. The molecular formula is C6H3F8N2+. The van der Waals surface area contributed by atoms with Gasteiger partial charge in [-0.1, -0.05) is 0 Å². The third-order valence-corrected chi connectivity index (χ3v) is 1.59. The third kappa shape index (κ3) is 2.09. The van der Waals surface area contributed by atoms with Crippen LogP contribution in [0.15, 0.2) is 18.7 Å². The fraction of sp³-hybridized carbons (Fsp3) is 0.500. The molecule has 0 saturated carbocycles. The van der Waals surface area contributed by atoms with Crippen LogP contribution < -0.4 is 4.57 Å². The first-order valence-electron chi connectivity index (χ1n) is 3.58. The summed E-state index contributed by atoms with van der Waals surface area (Å²) in [5.41, 5.74) is 0. The van der Waals surface area contributed by atoms with E-state index >= 15 is 0 Å². The van der Waals surface area contributed by atoms with E-state index in [-0.39, 0.29) is 18.7 Å². The van der Waals surface area contributed by atoms with E-state index in [0.29, 0.717) is 0 Å². The minimum Gasteiger partial charge on any atom is -0.166 e. The van der Waals surface area contributed by atoms with Gasteiger partial charge in [0.25, 0.3) is 6.33 Å². The van der Waals surface area contributed by atoms with Gasteiger partial charge in [-0.25, -0.2) is 0 Å². The van der Waals surface area contributed by atoms with E-state index in [1.54, 1.807) is 0 Å². The van der Waals surface area contributed by atoms with Gasteiger partial charge in [-0.15, -0.1) is 17.7 Å². The van der Waals surface area contributed by atoms with Gasteiger partial charge < -0.3 is 0 Å². The molecular weight excluding hydrogens is 252 g/mol. The number of hydrogen-bond donors (Lipinski definition) is 0. The lowest BCUT2D eigenvalue weighted by Crippen LogP contribution is -2.47. The van der Waals surface area contributed by atoms with Gasteiger partial charge in [-0.2, -0.15) is 26.5 Å². The van der Waals surface area contributed by atoms with Gasteiger partial charge in [0.15, 0.2) is 0 Å². The molecule has 0 N–H and O–H groups in total. The predicted octanol–water partition coefficient (Wildman–Crippen LogP) is 2.36. The quantitative estimate of drug-likeness (QED) is 0.538. The summed E-state index contributed by atoms with van der Waals surface area (Å²) in [5, 5.41) is 0. The molecule has 1 rings (SSSR count). The maximum Gasteiger partial charge on any atom is 0.567 e. The van der Waals surface area contributed by atoms with Crippen molar-refractivity contribution in [2.45, 2.75) is 18.5 Å². The van der Waals surface area contributed by atoms with Crippen molar-refractivity contribution in [2.24, 2.45) is 0 Å². The average molecular weight is 255 g/mol. The molecule has 0 spiro atoms. The number of alkyl halides is 8. The first-order valence-corrected chi connectivity index (χ1v) is 3.58.